The van der Waals surface area contributed by atoms with Crippen LogP contribution < -0.4 is 15.8 Å². The van der Waals surface area contributed by atoms with Crippen molar-refractivity contribution in [3.8, 4) is 0 Å². The molecule has 0 amide bonds. The van der Waals surface area contributed by atoms with Crippen LogP contribution in [0.1, 0.15) is 11.3 Å². The third-order valence-corrected chi connectivity index (χ3v) is 4.16. The standard InChI is InChI=1S/C14H19N5O3S/c1-11-3-2-4-12(9-11)18-14(15)16-6-7-17-23(20,21)10-13-5-8-22-19-13/h2-5,8-9,17H,6-7,10H2,1H3,(H3,15,16,18). The summed E-state index contributed by atoms with van der Waals surface area (Å²) < 4.78 is 30.6. The summed E-state index contributed by atoms with van der Waals surface area (Å²) in [6.07, 6.45) is 1.33. The number of benzene rings is 1. The van der Waals surface area contributed by atoms with Crippen molar-refractivity contribution < 1.29 is 12.9 Å². The van der Waals surface area contributed by atoms with Gasteiger partial charge in [-0.3, -0.25) is 4.99 Å². The van der Waals surface area contributed by atoms with E-state index in [-0.39, 0.29) is 24.8 Å². The Morgan fingerprint density at radius 1 is 1.39 bits per heavy atom. The molecule has 0 saturated carbocycles. The first-order valence-electron chi connectivity index (χ1n) is 6.95. The molecule has 0 radical (unpaired) electrons. The molecule has 124 valence electrons. The Hall–Kier alpha value is -2.39. The van der Waals surface area contributed by atoms with Crippen molar-refractivity contribution in [3.63, 3.8) is 0 Å². The van der Waals surface area contributed by atoms with Gasteiger partial charge in [-0.2, -0.15) is 0 Å². The Kier molecular flexibility index (Phi) is 5.72. The molecule has 9 heteroatoms. The lowest BCUT2D eigenvalue weighted by molar-refractivity contribution is 0.413. The molecule has 2 aromatic rings. The molecular formula is C14H19N5O3S. The first-order valence-corrected chi connectivity index (χ1v) is 8.60. The van der Waals surface area contributed by atoms with Gasteiger partial charge in [-0.25, -0.2) is 13.1 Å². The van der Waals surface area contributed by atoms with Crippen LogP contribution >= 0.6 is 0 Å². The van der Waals surface area contributed by atoms with Gasteiger partial charge in [-0.1, -0.05) is 17.3 Å². The van der Waals surface area contributed by atoms with Gasteiger partial charge in [0.15, 0.2) is 5.96 Å². The Morgan fingerprint density at radius 3 is 2.91 bits per heavy atom. The van der Waals surface area contributed by atoms with Crippen LogP contribution in [-0.2, 0) is 15.8 Å². The molecule has 23 heavy (non-hydrogen) atoms. The van der Waals surface area contributed by atoms with E-state index in [4.69, 9.17) is 5.73 Å². The van der Waals surface area contributed by atoms with Crippen LogP contribution in [0, 0.1) is 6.92 Å². The Bertz CT molecular complexity index is 756. The first-order chi connectivity index (χ1) is 10.9. The number of guanidine groups is 1. The second kappa shape index (κ2) is 7.75. The zero-order chi connectivity index (χ0) is 16.7. The fraction of sp³-hybridized carbons (Fsp3) is 0.286. The molecule has 0 aliphatic heterocycles. The molecule has 8 nitrogen and oxygen atoms in total. The van der Waals surface area contributed by atoms with Crippen molar-refractivity contribution in [1.82, 2.24) is 9.88 Å². The van der Waals surface area contributed by atoms with E-state index in [9.17, 15) is 8.42 Å². The zero-order valence-corrected chi connectivity index (χ0v) is 13.5. The van der Waals surface area contributed by atoms with Crippen LogP contribution in [0.5, 0.6) is 0 Å². The highest BCUT2D eigenvalue weighted by molar-refractivity contribution is 7.88. The van der Waals surface area contributed by atoms with Crippen LogP contribution in [0.2, 0.25) is 0 Å². The number of hydrogen-bond acceptors (Lipinski definition) is 5. The Labute approximate surface area is 134 Å². The number of nitrogens with one attached hydrogen (secondary N) is 2. The number of sulfonamides is 1. The molecule has 0 bridgehead atoms. The zero-order valence-electron chi connectivity index (χ0n) is 12.7. The van der Waals surface area contributed by atoms with E-state index in [2.05, 4.69) is 24.7 Å². The molecule has 0 unspecified atom stereocenters. The van der Waals surface area contributed by atoms with Crippen LogP contribution in [0.4, 0.5) is 5.69 Å². The molecule has 0 spiro atoms. The second-order valence-corrected chi connectivity index (χ2v) is 6.71. The fourth-order valence-electron chi connectivity index (χ4n) is 1.85. The molecule has 0 aliphatic rings. The van der Waals surface area contributed by atoms with E-state index in [0.29, 0.717) is 5.69 Å². The lowest BCUT2D eigenvalue weighted by atomic mass is 10.2. The van der Waals surface area contributed by atoms with Gasteiger partial charge in [0, 0.05) is 18.3 Å². The van der Waals surface area contributed by atoms with E-state index < -0.39 is 10.0 Å². The summed E-state index contributed by atoms with van der Waals surface area (Å²) in [6.45, 7) is 2.35. The largest absolute Gasteiger partial charge is 0.370 e. The number of aryl methyl sites for hydroxylation is 1. The number of aromatic nitrogens is 1. The minimum absolute atomic E-state index is 0.149. The highest BCUT2D eigenvalue weighted by atomic mass is 32.2. The average Bonchev–Trinajstić information content (AvgIpc) is 2.96. The molecule has 0 aliphatic carbocycles. The third kappa shape index (κ3) is 6.09. The number of hydrogen-bond donors (Lipinski definition) is 3. The summed E-state index contributed by atoms with van der Waals surface area (Å²) in [5.41, 5.74) is 8.04. The number of anilines is 1. The lowest BCUT2D eigenvalue weighted by Crippen LogP contribution is -2.29. The second-order valence-electron chi connectivity index (χ2n) is 4.91. The highest BCUT2D eigenvalue weighted by Gasteiger charge is 2.12. The maximum atomic E-state index is 11.8. The number of aliphatic imine (C=N–C) groups is 1. The quantitative estimate of drug-likeness (QED) is 0.391. The van der Waals surface area contributed by atoms with Gasteiger partial charge < -0.3 is 15.6 Å². The minimum atomic E-state index is -3.47. The first kappa shape index (κ1) is 17.0. The van der Waals surface area contributed by atoms with Crippen LogP contribution in [0.15, 0.2) is 46.1 Å². The summed E-state index contributed by atoms with van der Waals surface area (Å²) in [5.74, 6) is -0.00385. The number of rotatable bonds is 7. The van der Waals surface area contributed by atoms with Crippen molar-refractivity contribution in [3.05, 3.63) is 47.9 Å². The summed E-state index contributed by atoms with van der Waals surface area (Å²) in [5, 5.41) is 6.50. The molecule has 0 atom stereocenters. The maximum Gasteiger partial charge on any atom is 0.217 e. The minimum Gasteiger partial charge on any atom is -0.370 e. The predicted octanol–water partition coefficient (Wildman–Crippen LogP) is 0.829. The normalized spacial score (nSPS) is 12.3. The highest BCUT2D eigenvalue weighted by Crippen LogP contribution is 2.08. The van der Waals surface area contributed by atoms with Gasteiger partial charge >= 0.3 is 0 Å². The number of nitrogens with two attached hydrogens (primary N) is 1. The van der Waals surface area contributed by atoms with Crippen molar-refractivity contribution in [1.29, 1.82) is 0 Å². The number of nitrogens with zero attached hydrogens (tertiary/aromatic N) is 2. The third-order valence-electron chi connectivity index (χ3n) is 2.84. The average molecular weight is 337 g/mol. The fourth-order valence-corrected chi connectivity index (χ4v) is 2.89. The monoisotopic (exact) mass is 337 g/mol. The Balaban J connectivity index is 1.77. The maximum absolute atomic E-state index is 11.8. The summed E-state index contributed by atoms with van der Waals surface area (Å²) >= 11 is 0. The molecule has 0 fully saturated rings. The Morgan fingerprint density at radius 2 is 2.22 bits per heavy atom. The van der Waals surface area contributed by atoms with E-state index in [0.717, 1.165) is 11.3 Å². The van der Waals surface area contributed by atoms with Crippen molar-refractivity contribution in [2.45, 2.75) is 12.7 Å². The SMILES string of the molecule is Cc1cccc(NC(N)=NCCNS(=O)(=O)Cc2ccon2)c1. The lowest BCUT2D eigenvalue weighted by Gasteiger charge is -2.07. The molecule has 1 aromatic heterocycles. The van der Waals surface area contributed by atoms with Crippen molar-refractivity contribution in [2.75, 3.05) is 18.4 Å². The van der Waals surface area contributed by atoms with Crippen molar-refractivity contribution in [2.24, 2.45) is 10.7 Å². The van der Waals surface area contributed by atoms with Crippen LogP contribution in [0.25, 0.3) is 0 Å². The molecule has 2 rings (SSSR count). The van der Waals surface area contributed by atoms with Gasteiger partial charge in [0.2, 0.25) is 10.0 Å². The molecular weight excluding hydrogens is 318 g/mol. The molecule has 1 heterocycles. The van der Waals surface area contributed by atoms with Gasteiger partial charge in [0.25, 0.3) is 0 Å². The van der Waals surface area contributed by atoms with Gasteiger partial charge in [0.1, 0.15) is 12.0 Å². The topological polar surface area (TPSA) is 123 Å². The van der Waals surface area contributed by atoms with E-state index >= 15 is 0 Å². The summed E-state index contributed by atoms with van der Waals surface area (Å²) in [4.78, 5) is 4.07. The van der Waals surface area contributed by atoms with Crippen LogP contribution in [-0.4, -0.2) is 32.6 Å². The van der Waals surface area contributed by atoms with Gasteiger partial charge in [-0.05, 0) is 24.6 Å². The predicted molar refractivity (Wildman–Crippen MR) is 88.4 cm³/mol. The smallest absolute Gasteiger partial charge is 0.217 e. The van der Waals surface area contributed by atoms with Gasteiger partial charge in [0.05, 0.1) is 12.2 Å². The molecule has 0 saturated heterocycles. The van der Waals surface area contributed by atoms with Crippen molar-refractivity contribution >= 4 is 21.7 Å². The summed E-state index contributed by atoms with van der Waals surface area (Å²) in [7, 11) is -3.47. The molecule has 1 aromatic carbocycles. The molecule has 4 N–H and O–H groups in total. The van der Waals surface area contributed by atoms with Crippen LogP contribution in [0.3, 0.4) is 0 Å². The van der Waals surface area contributed by atoms with E-state index in [1.807, 2.05) is 31.2 Å². The van der Waals surface area contributed by atoms with Gasteiger partial charge in [-0.15, -0.1) is 0 Å². The van der Waals surface area contributed by atoms with E-state index in [1.165, 1.54) is 12.3 Å². The summed E-state index contributed by atoms with van der Waals surface area (Å²) in [6, 6.07) is 9.19. The van der Waals surface area contributed by atoms with E-state index in [1.54, 1.807) is 0 Å².